The quantitative estimate of drug-likeness (QED) is 0.395. The van der Waals surface area contributed by atoms with Crippen molar-refractivity contribution in [3.63, 3.8) is 0 Å². The van der Waals surface area contributed by atoms with E-state index in [-0.39, 0.29) is 17.0 Å². The molecule has 0 spiro atoms. The zero-order chi connectivity index (χ0) is 22.3. The molecule has 4 rings (SSSR count). The van der Waals surface area contributed by atoms with Crippen LogP contribution in [0.2, 0.25) is 0 Å². The van der Waals surface area contributed by atoms with E-state index >= 15 is 0 Å². The first kappa shape index (κ1) is 21.8. The highest BCUT2D eigenvalue weighted by atomic mass is 32.2. The summed E-state index contributed by atoms with van der Waals surface area (Å²) in [4.78, 5) is 12.7. The minimum absolute atomic E-state index is 0.119. The number of benzene rings is 3. The Balaban J connectivity index is 1.50. The van der Waals surface area contributed by atoms with Gasteiger partial charge in [0.05, 0.1) is 5.25 Å². The van der Waals surface area contributed by atoms with E-state index in [4.69, 9.17) is 0 Å². The van der Waals surface area contributed by atoms with Crippen molar-refractivity contribution in [3.05, 3.63) is 108 Å². The van der Waals surface area contributed by atoms with E-state index in [9.17, 15) is 9.18 Å². The lowest BCUT2D eigenvalue weighted by atomic mass is 10.1. The fraction of sp³-hybridized carbons (Fsp3) is 0.160. The Kier molecular flexibility index (Phi) is 6.97. The molecule has 1 amide bonds. The Morgan fingerprint density at radius 2 is 1.59 bits per heavy atom. The maximum Gasteiger partial charge on any atom is 0.233 e. The average Bonchev–Trinajstić information content (AvgIpc) is 3.21. The van der Waals surface area contributed by atoms with Gasteiger partial charge in [0, 0.05) is 18.7 Å². The first-order chi connectivity index (χ1) is 15.6. The first-order valence-corrected chi connectivity index (χ1v) is 11.2. The Bertz CT molecular complexity index is 1160. The summed E-state index contributed by atoms with van der Waals surface area (Å²) in [6, 6.07) is 26.1. The highest BCUT2D eigenvalue weighted by Gasteiger charge is 2.21. The number of nitrogens with zero attached hydrogens (tertiary/aromatic N) is 3. The van der Waals surface area contributed by atoms with E-state index in [0.29, 0.717) is 18.1 Å². The second-order valence-electron chi connectivity index (χ2n) is 7.34. The molecule has 3 aromatic carbocycles. The van der Waals surface area contributed by atoms with Crippen molar-refractivity contribution >= 4 is 17.7 Å². The van der Waals surface area contributed by atoms with Crippen LogP contribution in [0.15, 0.2) is 90.1 Å². The minimum atomic E-state index is -0.383. The van der Waals surface area contributed by atoms with Crippen molar-refractivity contribution < 1.29 is 9.18 Å². The lowest BCUT2D eigenvalue weighted by Gasteiger charge is -2.14. The smallest absolute Gasteiger partial charge is 0.233 e. The summed E-state index contributed by atoms with van der Waals surface area (Å²) >= 11 is 1.36. The van der Waals surface area contributed by atoms with Gasteiger partial charge in [-0.1, -0.05) is 72.4 Å². The van der Waals surface area contributed by atoms with Gasteiger partial charge in [-0.2, -0.15) is 0 Å². The number of aromatic nitrogens is 3. The molecule has 7 heteroatoms. The monoisotopic (exact) mass is 446 g/mol. The highest BCUT2D eigenvalue weighted by Crippen LogP contribution is 2.27. The number of nitrogens with one attached hydrogen (secondary N) is 1. The number of rotatable bonds is 8. The van der Waals surface area contributed by atoms with E-state index in [0.717, 1.165) is 22.6 Å². The zero-order valence-electron chi connectivity index (χ0n) is 17.6. The number of para-hydroxylation sites is 1. The maximum absolute atomic E-state index is 13.1. The standard InChI is InChI=1S/C25H23FN4OS/c1-18(24(31)27-17-20-12-14-21(26)15-13-20)32-25-29-28-23(16-19-8-4-2-5-9-19)30(25)22-10-6-3-7-11-22/h2-15,18H,16-17H2,1H3,(H,27,31). The molecule has 1 N–H and O–H groups in total. The van der Waals surface area contributed by atoms with Gasteiger partial charge >= 0.3 is 0 Å². The number of carbonyl (C=O) groups is 1. The molecule has 162 valence electrons. The number of hydrogen-bond donors (Lipinski definition) is 1. The lowest BCUT2D eigenvalue weighted by molar-refractivity contribution is -0.120. The predicted molar refractivity (Wildman–Crippen MR) is 124 cm³/mol. The summed E-state index contributed by atoms with van der Waals surface area (Å²) < 4.78 is 15.1. The predicted octanol–water partition coefficient (Wildman–Crippen LogP) is 4.79. The Morgan fingerprint density at radius 1 is 0.938 bits per heavy atom. The van der Waals surface area contributed by atoms with E-state index in [2.05, 4.69) is 27.6 Å². The van der Waals surface area contributed by atoms with Crippen molar-refractivity contribution in [1.82, 2.24) is 20.1 Å². The van der Waals surface area contributed by atoms with Crippen molar-refractivity contribution in [1.29, 1.82) is 0 Å². The van der Waals surface area contributed by atoms with E-state index < -0.39 is 0 Å². The van der Waals surface area contributed by atoms with Crippen molar-refractivity contribution in [3.8, 4) is 5.69 Å². The molecule has 5 nitrogen and oxygen atoms in total. The molecular weight excluding hydrogens is 423 g/mol. The highest BCUT2D eigenvalue weighted by molar-refractivity contribution is 8.00. The van der Waals surface area contributed by atoms with Crippen LogP contribution in [0.25, 0.3) is 5.69 Å². The largest absolute Gasteiger partial charge is 0.351 e. The van der Waals surface area contributed by atoms with Gasteiger partial charge in [0.2, 0.25) is 5.91 Å². The summed E-state index contributed by atoms with van der Waals surface area (Å²) in [6.07, 6.45) is 0.633. The van der Waals surface area contributed by atoms with Gasteiger partial charge in [0.1, 0.15) is 11.6 Å². The van der Waals surface area contributed by atoms with Gasteiger partial charge in [-0.25, -0.2) is 4.39 Å². The van der Waals surface area contributed by atoms with Crippen LogP contribution in [0.5, 0.6) is 0 Å². The van der Waals surface area contributed by atoms with Gasteiger partial charge in [0.15, 0.2) is 5.16 Å². The van der Waals surface area contributed by atoms with Gasteiger partial charge in [-0.15, -0.1) is 10.2 Å². The summed E-state index contributed by atoms with van der Waals surface area (Å²) in [7, 11) is 0. The molecule has 0 saturated heterocycles. The maximum atomic E-state index is 13.1. The number of thioether (sulfide) groups is 1. The van der Waals surface area contributed by atoms with Crippen LogP contribution in [0, 0.1) is 5.82 Å². The summed E-state index contributed by atoms with van der Waals surface area (Å²) in [5.74, 6) is 0.394. The van der Waals surface area contributed by atoms with Crippen molar-refractivity contribution in [2.24, 2.45) is 0 Å². The third-order valence-electron chi connectivity index (χ3n) is 4.95. The molecule has 4 aromatic rings. The van der Waals surface area contributed by atoms with Gasteiger partial charge in [-0.3, -0.25) is 9.36 Å². The van der Waals surface area contributed by atoms with Crippen molar-refractivity contribution in [2.75, 3.05) is 0 Å². The number of amides is 1. The van der Waals surface area contributed by atoms with Crippen LogP contribution >= 0.6 is 11.8 Å². The van der Waals surface area contributed by atoms with Crippen LogP contribution < -0.4 is 5.32 Å². The Labute approximate surface area is 190 Å². The molecular formula is C25H23FN4OS. The molecule has 1 aromatic heterocycles. The van der Waals surface area contributed by atoms with Gasteiger partial charge < -0.3 is 5.32 Å². The molecule has 0 aliphatic heterocycles. The first-order valence-electron chi connectivity index (χ1n) is 10.3. The molecule has 1 unspecified atom stereocenters. The van der Waals surface area contributed by atoms with E-state index in [1.54, 1.807) is 12.1 Å². The normalized spacial score (nSPS) is 11.8. The number of hydrogen-bond acceptors (Lipinski definition) is 4. The van der Waals surface area contributed by atoms with Crippen molar-refractivity contribution in [2.45, 2.75) is 30.3 Å². The van der Waals surface area contributed by atoms with Crippen LogP contribution in [0.3, 0.4) is 0 Å². The third kappa shape index (κ3) is 5.42. The minimum Gasteiger partial charge on any atom is -0.351 e. The molecule has 0 aliphatic rings. The van der Waals surface area contributed by atoms with Gasteiger partial charge in [-0.05, 0) is 42.3 Å². The fourth-order valence-electron chi connectivity index (χ4n) is 3.25. The van der Waals surface area contributed by atoms with Crippen LogP contribution in [0.4, 0.5) is 4.39 Å². The molecule has 0 radical (unpaired) electrons. The van der Waals surface area contributed by atoms with Crippen LogP contribution in [-0.4, -0.2) is 25.9 Å². The molecule has 32 heavy (non-hydrogen) atoms. The van der Waals surface area contributed by atoms with Crippen LogP contribution in [-0.2, 0) is 17.8 Å². The second kappa shape index (κ2) is 10.2. The van der Waals surface area contributed by atoms with E-state index in [1.165, 1.54) is 23.9 Å². The number of carbonyl (C=O) groups excluding carboxylic acids is 1. The molecule has 0 fully saturated rings. The summed E-state index contributed by atoms with van der Waals surface area (Å²) in [5.41, 5.74) is 2.93. The molecule has 1 atom stereocenters. The molecule has 0 saturated carbocycles. The summed E-state index contributed by atoms with van der Waals surface area (Å²) in [5, 5.41) is 12.0. The fourth-order valence-corrected chi connectivity index (χ4v) is 4.16. The Hall–Kier alpha value is -3.45. The second-order valence-corrected chi connectivity index (χ2v) is 8.64. The topological polar surface area (TPSA) is 59.8 Å². The Morgan fingerprint density at radius 3 is 2.28 bits per heavy atom. The number of halogens is 1. The summed E-state index contributed by atoms with van der Waals surface area (Å²) in [6.45, 7) is 2.18. The van der Waals surface area contributed by atoms with Gasteiger partial charge in [0.25, 0.3) is 0 Å². The average molecular weight is 447 g/mol. The SMILES string of the molecule is CC(Sc1nnc(Cc2ccccc2)n1-c1ccccc1)C(=O)NCc1ccc(F)cc1. The lowest BCUT2D eigenvalue weighted by Crippen LogP contribution is -2.30. The van der Waals surface area contributed by atoms with Crippen LogP contribution in [0.1, 0.15) is 23.9 Å². The molecule has 0 aliphatic carbocycles. The zero-order valence-corrected chi connectivity index (χ0v) is 18.4. The third-order valence-corrected chi connectivity index (χ3v) is 5.99. The molecule has 0 bridgehead atoms. The molecule has 1 heterocycles. The van der Waals surface area contributed by atoms with E-state index in [1.807, 2.05) is 60.0 Å².